The molecular formula is C13H21N3O4. The van der Waals surface area contributed by atoms with Crippen LogP contribution in [0.3, 0.4) is 0 Å². The summed E-state index contributed by atoms with van der Waals surface area (Å²) < 4.78 is 4.51. The van der Waals surface area contributed by atoms with Gasteiger partial charge in [-0.2, -0.15) is 0 Å². The average Bonchev–Trinajstić information content (AvgIpc) is 2.36. The van der Waals surface area contributed by atoms with Crippen LogP contribution in [0.15, 0.2) is 17.3 Å². The smallest absolute Gasteiger partial charge is 0.308 e. The van der Waals surface area contributed by atoms with E-state index in [2.05, 4.69) is 14.8 Å². The van der Waals surface area contributed by atoms with Gasteiger partial charge in [-0.15, -0.1) is 0 Å². The van der Waals surface area contributed by atoms with Crippen LogP contribution >= 0.6 is 0 Å². The molecule has 0 radical (unpaired) electrons. The topological polar surface area (TPSA) is 112 Å². The quantitative estimate of drug-likeness (QED) is 0.253. The van der Waals surface area contributed by atoms with Gasteiger partial charge in [-0.05, 0) is 5.53 Å². The second-order valence-electron chi connectivity index (χ2n) is 5.45. The van der Waals surface area contributed by atoms with E-state index in [1.165, 1.54) is 19.3 Å². The highest BCUT2D eigenvalue weighted by atomic mass is 16.5. The summed E-state index contributed by atoms with van der Waals surface area (Å²) in [6.07, 6.45) is 2.59. The Bertz CT molecular complexity index is 433. The first kappa shape index (κ1) is 18.1. The summed E-state index contributed by atoms with van der Waals surface area (Å²) in [4.78, 5) is 26.2. The van der Waals surface area contributed by atoms with Crippen molar-refractivity contribution in [2.45, 2.75) is 39.2 Å². The third-order valence-corrected chi connectivity index (χ3v) is 2.64. The molecule has 0 amide bonds. The number of ether oxygens (including phenoxy) is 1. The van der Waals surface area contributed by atoms with Crippen molar-refractivity contribution in [1.29, 1.82) is 0 Å². The Hall–Kier alpha value is -1.85. The molecule has 1 atom stereocenters. The number of azide groups is 1. The van der Waals surface area contributed by atoms with Crippen molar-refractivity contribution in [1.82, 2.24) is 0 Å². The van der Waals surface area contributed by atoms with Crippen LogP contribution in [0.5, 0.6) is 0 Å². The van der Waals surface area contributed by atoms with E-state index in [-0.39, 0.29) is 13.0 Å². The predicted molar refractivity (Wildman–Crippen MR) is 73.8 cm³/mol. The van der Waals surface area contributed by atoms with Gasteiger partial charge in [-0.1, -0.05) is 38.0 Å². The Morgan fingerprint density at radius 2 is 1.95 bits per heavy atom. The summed E-state index contributed by atoms with van der Waals surface area (Å²) in [6, 6.07) is 0. The number of Topliss-reactive ketones (excluding diaryl/α,β-unsaturated/α-hetero) is 1. The van der Waals surface area contributed by atoms with Gasteiger partial charge < -0.3 is 9.84 Å². The van der Waals surface area contributed by atoms with E-state index in [1.54, 1.807) is 20.8 Å². The SMILES string of the molecule is COC(=O)C[C@](O)(C/C=C/CN=[N+]=[N-])C(=O)C(C)(C)C. The zero-order valence-electron chi connectivity index (χ0n) is 12.3. The predicted octanol–water partition coefficient (Wildman–Crippen LogP) is 2.15. The number of nitrogens with zero attached hydrogens (tertiary/aromatic N) is 3. The second-order valence-corrected chi connectivity index (χ2v) is 5.45. The Labute approximate surface area is 118 Å². The molecule has 0 aromatic carbocycles. The summed E-state index contributed by atoms with van der Waals surface area (Å²) in [5.41, 5.74) is 5.52. The minimum absolute atomic E-state index is 0.0425. The van der Waals surface area contributed by atoms with Gasteiger partial charge in [0, 0.05) is 23.3 Å². The zero-order valence-corrected chi connectivity index (χ0v) is 12.3. The van der Waals surface area contributed by atoms with Crippen LogP contribution in [0.25, 0.3) is 10.4 Å². The summed E-state index contributed by atoms with van der Waals surface area (Å²) in [5.74, 6) is -1.10. The average molecular weight is 283 g/mol. The highest BCUT2D eigenvalue weighted by Crippen LogP contribution is 2.29. The molecule has 7 heteroatoms. The molecule has 0 saturated carbocycles. The van der Waals surface area contributed by atoms with Gasteiger partial charge in [0.1, 0.15) is 5.60 Å². The van der Waals surface area contributed by atoms with Gasteiger partial charge in [0.25, 0.3) is 0 Å². The van der Waals surface area contributed by atoms with Crippen molar-refractivity contribution in [3.05, 3.63) is 22.6 Å². The van der Waals surface area contributed by atoms with E-state index >= 15 is 0 Å². The van der Waals surface area contributed by atoms with Crippen LogP contribution in [0.4, 0.5) is 0 Å². The monoisotopic (exact) mass is 283 g/mol. The van der Waals surface area contributed by atoms with Gasteiger partial charge in [0.05, 0.1) is 13.5 Å². The molecule has 20 heavy (non-hydrogen) atoms. The third-order valence-electron chi connectivity index (χ3n) is 2.64. The van der Waals surface area contributed by atoms with Crippen molar-refractivity contribution >= 4 is 11.8 Å². The number of aliphatic hydroxyl groups is 1. The van der Waals surface area contributed by atoms with Gasteiger partial charge in [-0.25, -0.2) is 0 Å². The number of rotatable bonds is 7. The Kier molecular flexibility index (Phi) is 6.96. The Morgan fingerprint density at radius 1 is 1.35 bits per heavy atom. The third kappa shape index (κ3) is 5.86. The van der Waals surface area contributed by atoms with Gasteiger partial charge in [-0.3, -0.25) is 9.59 Å². The van der Waals surface area contributed by atoms with Crippen LogP contribution in [0, 0.1) is 5.41 Å². The first-order chi connectivity index (χ1) is 9.17. The van der Waals surface area contributed by atoms with Crippen LogP contribution in [-0.4, -0.2) is 36.1 Å². The Morgan fingerprint density at radius 3 is 2.40 bits per heavy atom. The van der Waals surface area contributed by atoms with E-state index in [4.69, 9.17) is 5.53 Å². The normalized spacial score (nSPS) is 14.4. The second kappa shape index (κ2) is 7.67. The first-order valence-corrected chi connectivity index (χ1v) is 6.17. The fourth-order valence-corrected chi connectivity index (χ4v) is 1.69. The van der Waals surface area contributed by atoms with Crippen LogP contribution in [0.2, 0.25) is 0 Å². The number of hydrogen-bond acceptors (Lipinski definition) is 5. The van der Waals surface area contributed by atoms with Gasteiger partial charge in [0.15, 0.2) is 5.78 Å². The maximum Gasteiger partial charge on any atom is 0.308 e. The van der Waals surface area contributed by atoms with E-state index in [1.807, 2.05) is 0 Å². The van der Waals surface area contributed by atoms with Crippen LogP contribution in [-0.2, 0) is 14.3 Å². The number of methoxy groups -OCH3 is 1. The van der Waals surface area contributed by atoms with Crippen molar-refractivity contribution in [2.24, 2.45) is 10.5 Å². The molecule has 112 valence electrons. The number of esters is 1. The molecule has 7 nitrogen and oxygen atoms in total. The Balaban J connectivity index is 5.06. The van der Waals surface area contributed by atoms with E-state index in [9.17, 15) is 14.7 Å². The number of ketones is 1. The summed E-state index contributed by atoms with van der Waals surface area (Å²) >= 11 is 0. The minimum Gasteiger partial charge on any atom is -0.469 e. The van der Waals surface area contributed by atoms with Gasteiger partial charge in [0.2, 0.25) is 0 Å². The highest BCUT2D eigenvalue weighted by molar-refractivity contribution is 5.94. The number of carbonyl (C=O) groups excluding carboxylic acids is 2. The molecule has 0 fully saturated rings. The largest absolute Gasteiger partial charge is 0.469 e. The lowest BCUT2D eigenvalue weighted by molar-refractivity contribution is -0.157. The highest BCUT2D eigenvalue weighted by Gasteiger charge is 2.43. The molecule has 0 rings (SSSR count). The molecule has 0 aromatic rings. The van der Waals surface area contributed by atoms with E-state index in [0.717, 1.165) is 0 Å². The molecule has 0 aromatic heterocycles. The van der Waals surface area contributed by atoms with Crippen LogP contribution in [0.1, 0.15) is 33.6 Å². The lowest BCUT2D eigenvalue weighted by atomic mass is 9.77. The molecule has 1 N–H and O–H groups in total. The standard InChI is InChI=1S/C13H21N3O4/c1-12(2,3)11(18)13(19,9-10(17)20-4)7-5-6-8-15-16-14/h5-6,19H,7-9H2,1-4H3/b6-5+/t13-/m1/s1. The summed E-state index contributed by atoms with van der Waals surface area (Å²) in [7, 11) is 1.20. The van der Waals surface area contributed by atoms with Crippen molar-refractivity contribution in [3.63, 3.8) is 0 Å². The maximum absolute atomic E-state index is 12.3. The molecule has 0 aliphatic heterocycles. The lowest BCUT2D eigenvalue weighted by Gasteiger charge is -2.31. The number of carbonyl (C=O) groups is 2. The summed E-state index contributed by atoms with van der Waals surface area (Å²) in [6.45, 7) is 5.12. The molecular weight excluding hydrogens is 262 g/mol. The van der Waals surface area contributed by atoms with E-state index in [0.29, 0.717) is 0 Å². The van der Waals surface area contributed by atoms with Crippen LogP contribution < -0.4 is 0 Å². The van der Waals surface area contributed by atoms with Crippen molar-refractivity contribution < 1.29 is 19.4 Å². The van der Waals surface area contributed by atoms with Crippen molar-refractivity contribution in [3.8, 4) is 0 Å². The zero-order chi connectivity index (χ0) is 15.8. The minimum atomic E-state index is -1.82. The first-order valence-electron chi connectivity index (χ1n) is 6.17. The fourth-order valence-electron chi connectivity index (χ4n) is 1.69. The summed E-state index contributed by atoms with van der Waals surface area (Å²) in [5, 5.41) is 13.8. The van der Waals surface area contributed by atoms with Gasteiger partial charge >= 0.3 is 5.97 Å². The molecule has 0 aliphatic rings. The fraction of sp³-hybridized carbons (Fsp3) is 0.692. The molecule has 0 spiro atoms. The van der Waals surface area contributed by atoms with Crippen molar-refractivity contribution in [2.75, 3.05) is 13.7 Å². The van der Waals surface area contributed by atoms with E-state index < -0.39 is 29.2 Å². The molecule has 0 saturated heterocycles. The molecule has 0 aliphatic carbocycles. The maximum atomic E-state index is 12.3. The lowest BCUT2D eigenvalue weighted by Crippen LogP contribution is -2.46. The molecule has 0 bridgehead atoms. The molecule has 0 heterocycles. The molecule has 0 unspecified atom stereocenters. The number of hydrogen-bond donors (Lipinski definition) is 1.